The van der Waals surface area contributed by atoms with Gasteiger partial charge in [0.1, 0.15) is 0 Å². The number of carbonyl (C=O) groups is 1. The van der Waals surface area contributed by atoms with Gasteiger partial charge in [-0.05, 0) is 52.1 Å². The van der Waals surface area contributed by atoms with Crippen molar-refractivity contribution in [2.45, 2.75) is 57.5 Å². The maximum atomic E-state index is 12.1. The van der Waals surface area contributed by atoms with Crippen LogP contribution in [0.2, 0.25) is 0 Å². The molecule has 2 saturated heterocycles. The SMILES string of the molecule is CC(N)CCCC(=O)N1CCC(N2CCCC2)C1. The van der Waals surface area contributed by atoms with Crippen molar-refractivity contribution >= 4 is 5.91 Å². The van der Waals surface area contributed by atoms with Crippen molar-refractivity contribution in [1.82, 2.24) is 9.80 Å². The molecule has 0 radical (unpaired) electrons. The molecule has 4 nitrogen and oxygen atoms in total. The van der Waals surface area contributed by atoms with Crippen LogP contribution < -0.4 is 5.73 Å². The van der Waals surface area contributed by atoms with Gasteiger partial charge >= 0.3 is 0 Å². The van der Waals surface area contributed by atoms with E-state index in [2.05, 4.69) is 9.80 Å². The second kappa shape index (κ2) is 6.53. The summed E-state index contributed by atoms with van der Waals surface area (Å²) in [4.78, 5) is 16.7. The molecule has 2 unspecified atom stereocenters. The number of hydrogen-bond acceptors (Lipinski definition) is 3. The molecule has 0 saturated carbocycles. The molecule has 2 aliphatic heterocycles. The third-order valence-electron chi connectivity index (χ3n) is 4.22. The molecule has 2 rings (SSSR count). The molecule has 4 heteroatoms. The molecule has 104 valence electrons. The van der Waals surface area contributed by atoms with Gasteiger partial charge in [-0.15, -0.1) is 0 Å². The lowest BCUT2D eigenvalue weighted by atomic mass is 10.1. The fourth-order valence-corrected chi connectivity index (χ4v) is 3.11. The molecule has 0 bridgehead atoms. The first-order valence-electron chi connectivity index (χ1n) is 7.44. The Kier molecular flexibility index (Phi) is 5.01. The molecule has 1 amide bonds. The topological polar surface area (TPSA) is 49.6 Å². The van der Waals surface area contributed by atoms with Crippen LogP contribution in [0.5, 0.6) is 0 Å². The van der Waals surface area contributed by atoms with E-state index >= 15 is 0 Å². The minimum absolute atomic E-state index is 0.216. The molecular weight excluding hydrogens is 226 g/mol. The number of amides is 1. The van der Waals surface area contributed by atoms with Crippen LogP contribution in [0.3, 0.4) is 0 Å². The fraction of sp³-hybridized carbons (Fsp3) is 0.929. The Morgan fingerprint density at radius 3 is 2.72 bits per heavy atom. The predicted molar refractivity (Wildman–Crippen MR) is 73.3 cm³/mol. The molecule has 2 fully saturated rings. The van der Waals surface area contributed by atoms with Gasteiger partial charge in [-0.3, -0.25) is 9.69 Å². The van der Waals surface area contributed by atoms with E-state index in [0.29, 0.717) is 18.4 Å². The van der Waals surface area contributed by atoms with E-state index in [0.717, 1.165) is 25.9 Å². The Hall–Kier alpha value is -0.610. The predicted octanol–water partition coefficient (Wildman–Crippen LogP) is 1.20. The summed E-state index contributed by atoms with van der Waals surface area (Å²) in [5, 5.41) is 0. The van der Waals surface area contributed by atoms with E-state index < -0.39 is 0 Å². The van der Waals surface area contributed by atoms with E-state index in [1.54, 1.807) is 0 Å². The molecule has 2 heterocycles. The van der Waals surface area contributed by atoms with Crippen LogP contribution in [0.1, 0.15) is 45.4 Å². The number of nitrogens with two attached hydrogens (primary N) is 1. The molecule has 0 aromatic heterocycles. The number of rotatable bonds is 5. The van der Waals surface area contributed by atoms with Crippen molar-refractivity contribution in [2.75, 3.05) is 26.2 Å². The molecule has 0 aliphatic carbocycles. The van der Waals surface area contributed by atoms with E-state index in [9.17, 15) is 4.79 Å². The monoisotopic (exact) mass is 253 g/mol. The quantitative estimate of drug-likeness (QED) is 0.801. The van der Waals surface area contributed by atoms with Crippen LogP contribution in [0, 0.1) is 0 Å². The van der Waals surface area contributed by atoms with Crippen molar-refractivity contribution in [3.8, 4) is 0 Å². The summed E-state index contributed by atoms with van der Waals surface area (Å²) in [7, 11) is 0. The van der Waals surface area contributed by atoms with Gasteiger partial charge in [0.2, 0.25) is 5.91 Å². The van der Waals surface area contributed by atoms with Crippen molar-refractivity contribution in [2.24, 2.45) is 5.73 Å². The standard InChI is InChI=1S/C14H27N3O/c1-12(15)5-4-6-14(18)17-10-7-13(11-17)16-8-2-3-9-16/h12-13H,2-11,15H2,1H3. The zero-order valence-corrected chi connectivity index (χ0v) is 11.6. The summed E-state index contributed by atoms with van der Waals surface area (Å²) in [6.07, 6.45) is 6.39. The highest BCUT2D eigenvalue weighted by molar-refractivity contribution is 5.76. The zero-order valence-electron chi connectivity index (χ0n) is 11.6. The Bertz CT molecular complexity index is 274. The molecular formula is C14H27N3O. The molecule has 0 spiro atoms. The number of nitrogens with zero attached hydrogens (tertiary/aromatic N) is 2. The Balaban J connectivity index is 1.69. The second-order valence-corrected chi connectivity index (χ2v) is 5.89. The first-order valence-corrected chi connectivity index (χ1v) is 7.44. The lowest BCUT2D eigenvalue weighted by molar-refractivity contribution is -0.130. The highest BCUT2D eigenvalue weighted by Gasteiger charge is 2.31. The summed E-state index contributed by atoms with van der Waals surface area (Å²) in [5.41, 5.74) is 5.71. The summed E-state index contributed by atoms with van der Waals surface area (Å²) in [6, 6.07) is 0.846. The first-order chi connectivity index (χ1) is 8.66. The molecule has 18 heavy (non-hydrogen) atoms. The Labute approximate surface area is 110 Å². The van der Waals surface area contributed by atoms with Crippen LogP contribution in [-0.2, 0) is 4.79 Å². The van der Waals surface area contributed by atoms with E-state index in [-0.39, 0.29) is 6.04 Å². The molecule has 0 aromatic rings. The fourth-order valence-electron chi connectivity index (χ4n) is 3.11. The van der Waals surface area contributed by atoms with Gasteiger partial charge in [0, 0.05) is 31.6 Å². The maximum absolute atomic E-state index is 12.1. The third-order valence-corrected chi connectivity index (χ3v) is 4.22. The van der Waals surface area contributed by atoms with Gasteiger partial charge < -0.3 is 10.6 Å². The Morgan fingerprint density at radius 1 is 1.33 bits per heavy atom. The van der Waals surface area contributed by atoms with Gasteiger partial charge in [-0.2, -0.15) is 0 Å². The normalized spacial score (nSPS) is 26.8. The van der Waals surface area contributed by atoms with E-state index in [4.69, 9.17) is 5.73 Å². The zero-order chi connectivity index (χ0) is 13.0. The van der Waals surface area contributed by atoms with Gasteiger partial charge in [0.15, 0.2) is 0 Å². The average Bonchev–Trinajstić information content (AvgIpc) is 2.99. The minimum atomic E-state index is 0.216. The minimum Gasteiger partial charge on any atom is -0.341 e. The molecule has 2 atom stereocenters. The van der Waals surface area contributed by atoms with Crippen LogP contribution in [0.4, 0.5) is 0 Å². The van der Waals surface area contributed by atoms with Crippen LogP contribution in [0.25, 0.3) is 0 Å². The third kappa shape index (κ3) is 3.69. The average molecular weight is 253 g/mol. The van der Waals surface area contributed by atoms with Crippen molar-refractivity contribution in [3.63, 3.8) is 0 Å². The summed E-state index contributed by atoms with van der Waals surface area (Å²) in [5.74, 6) is 0.331. The van der Waals surface area contributed by atoms with Gasteiger partial charge in [0.25, 0.3) is 0 Å². The summed E-state index contributed by atoms with van der Waals surface area (Å²) in [6.45, 7) is 6.38. The highest BCUT2D eigenvalue weighted by Crippen LogP contribution is 2.21. The second-order valence-electron chi connectivity index (χ2n) is 5.89. The number of carbonyl (C=O) groups excluding carboxylic acids is 1. The van der Waals surface area contributed by atoms with Crippen LogP contribution >= 0.6 is 0 Å². The van der Waals surface area contributed by atoms with E-state index in [1.807, 2.05) is 6.92 Å². The lowest BCUT2D eigenvalue weighted by Crippen LogP contribution is -2.37. The maximum Gasteiger partial charge on any atom is 0.222 e. The van der Waals surface area contributed by atoms with Crippen LogP contribution in [0.15, 0.2) is 0 Å². The van der Waals surface area contributed by atoms with Gasteiger partial charge in [-0.25, -0.2) is 0 Å². The van der Waals surface area contributed by atoms with Crippen LogP contribution in [-0.4, -0.2) is 54.0 Å². The highest BCUT2D eigenvalue weighted by atomic mass is 16.2. The largest absolute Gasteiger partial charge is 0.341 e. The van der Waals surface area contributed by atoms with Gasteiger partial charge in [0.05, 0.1) is 0 Å². The molecule has 2 N–H and O–H groups in total. The summed E-state index contributed by atoms with van der Waals surface area (Å²) >= 11 is 0. The smallest absolute Gasteiger partial charge is 0.222 e. The number of likely N-dealkylation sites (tertiary alicyclic amines) is 2. The lowest BCUT2D eigenvalue weighted by Gasteiger charge is -2.23. The number of hydrogen-bond donors (Lipinski definition) is 1. The first kappa shape index (κ1) is 13.8. The van der Waals surface area contributed by atoms with Gasteiger partial charge in [-0.1, -0.05) is 0 Å². The van der Waals surface area contributed by atoms with Crippen molar-refractivity contribution in [1.29, 1.82) is 0 Å². The summed E-state index contributed by atoms with van der Waals surface area (Å²) < 4.78 is 0. The molecule has 2 aliphatic rings. The van der Waals surface area contributed by atoms with E-state index in [1.165, 1.54) is 32.4 Å². The molecule has 0 aromatic carbocycles. The Morgan fingerprint density at radius 2 is 2.06 bits per heavy atom. The van der Waals surface area contributed by atoms with Crippen molar-refractivity contribution in [3.05, 3.63) is 0 Å². The van der Waals surface area contributed by atoms with Crippen molar-refractivity contribution < 1.29 is 4.79 Å².